The predicted molar refractivity (Wildman–Crippen MR) is 123 cm³/mol. The number of nitrogens with one attached hydrogen (secondary N) is 2. The number of phenolic OH excluding ortho intramolecular Hbond substituents is 1. The Morgan fingerprint density at radius 2 is 1.97 bits per heavy atom. The molecule has 2 heterocycles. The van der Waals surface area contributed by atoms with E-state index in [0.29, 0.717) is 27.8 Å². The maximum Gasteiger partial charge on any atom is 0.267 e. The topological polar surface area (TPSA) is 92.1 Å². The Hall–Kier alpha value is -3.72. The van der Waals surface area contributed by atoms with E-state index in [0.717, 1.165) is 22.5 Å². The number of halogens is 1. The highest BCUT2D eigenvalue weighted by Crippen LogP contribution is 2.30. The Labute approximate surface area is 188 Å². The zero-order chi connectivity index (χ0) is 22.8. The monoisotopic (exact) mass is 451 g/mol. The van der Waals surface area contributed by atoms with Gasteiger partial charge >= 0.3 is 0 Å². The number of amides is 1. The molecular formula is C23H22FN5O2S. The minimum atomic E-state index is -0.308. The molecule has 0 radical (unpaired) electrons. The summed E-state index contributed by atoms with van der Waals surface area (Å²) >= 11 is 1.20. The van der Waals surface area contributed by atoms with Gasteiger partial charge in [-0.15, -0.1) is 0 Å². The number of nitrogens with zero attached hydrogens (tertiary/aromatic N) is 3. The second-order valence-electron chi connectivity index (χ2n) is 7.47. The van der Waals surface area contributed by atoms with Crippen molar-refractivity contribution in [3.63, 3.8) is 0 Å². The summed E-state index contributed by atoms with van der Waals surface area (Å²) in [5, 5.41) is 20.9. The molecular weight excluding hydrogens is 429 g/mol. The highest BCUT2D eigenvalue weighted by atomic mass is 32.1. The van der Waals surface area contributed by atoms with Gasteiger partial charge in [-0.2, -0.15) is 5.10 Å². The molecule has 2 aromatic carbocycles. The third kappa shape index (κ3) is 4.47. The summed E-state index contributed by atoms with van der Waals surface area (Å²) < 4.78 is 15.3. The molecule has 0 bridgehead atoms. The number of benzene rings is 2. The van der Waals surface area contributed by atoms with E-state index in [1.54, 1.807) is 36.0 Å². The molecule has 0 fully saturated rings. The smallest absolute Gasteiger partial charge is 0.267 e. The highest BCUT2D eigenvalue weighted by Gasteiger charge is 2.16. The van der Waals surface area contributed by atoms with Crippen LogP contribution in [-0.2, 0) is 6.54 Å². The fourth-order valence-electron chi connectivity index (χ4n) is 3.31. The van der Waals surface area contributed by atoms with Crippen LogP contribution in [0.25, 0.3) is 0 Å². The van der Waals surface area contributed by atoms with E-state index in [2.05, 4.69) is 20.7 Å². The van der Waals surface area contributed by atoms with Gasteiger partial charge in [0.25, 0.3) is 5.91 Å². The minimum absolute atomic E-state index is 0.125. The van der Waals surface area contributed by atoms with Crippen LogP contribution in [0.2, 0.25) is 0 Å². The SMILES string of the molecule is Cc1ccc(O)c(C)c1NC(=O)c1cnc(Nc2c(C)cnn2Cc2cccc(F)c2)s1. The van der Waals surface area contributed by atoms with E-state index in [-0.39, 0.29) is 17.5 Å². The number of thiazole rings is 1. The van der Waals surface area contributed by atoms with E-state index in [1.165, 1.54) is 29.7 Å². The van der Waals surface area contributed by atoms with Crippen molar-refractivity contribution in [1.29, 1.82) is 0 Å². The molecule has 0 unspecified atom stereocenters. The van der Waals surface area contributed by atoms with Crippen LogP contribution in [0.3, 0.4) is 0 Å². The van der Waals surface area contributed by atoms with Gasteiger partial charge in [0, 0.05) is 11.1 Å². The number of hydrogen-bond acceptors (Lipinski definition) is 6. The van der Waals surface area contributed by atoms with Crippen LogP contribution in [-0.4, -0.2) is 25.8 Å². The summed E-state index contributed by atoms with van der Waals surface area (Å²) in [6.45, 7) is 5.92. The molecule has 0 aliphatic heterocycles. The summed E-state index contributed by atoms with van der Waals surface area (Å²) in [5.41, 5.74) is 3.73. The summed E-state index contributed by atoms with van der Waals surface area (Å²) in [6.07, 6.45) is 3.22. The zero-order valence-electron chi connectivity index (χ0n) is 17.8. The van der Waals surface area contributed by atoms with Gasteiger partial charge in [0.15, 0.2) is 5.13 Å². The van der Waals surface area contributed by atoms with Crippen molar-refractivity contribution in [3.05, 3.63) is 81.7 Å². The lowest BCUT2D eigenvalue weighted by Gasteiger charge is -2.12. The average Bonchev–Trinajstić information content (AvgIpc) is 3.36. The van der Waals surface area contributed by atoms with E-state index in [1.807, 2.05) is 19.9 Å². The van der Waals surface area contributed by atoms with Crippen LogP contribution in [0.5, 0.6) is 5.75 Å². The Morgan fingerprint density at radius 1 is 1.16 bits per heavy atom. The number of phenols is 1. The number of hydrogen-bond donors (Lipinski definition) is 3. The minimum Gasteiger partial charge on any atom is -0.508 e. The van der Waals surface area contributed by atoms with Crippen LogP contribution in [0, 0.1) is 26.6 Å². The average molecular weight is 452 g/mol. The van der Waals surface area contributed by atoms with Crippen molar-refractivity contribution in [2.75, 3.05) is 10.6 Å². The Morgan fingerprint density at radius 3 is 2.75 bits per heavy atom. The van der Waals surface area contributed by atoms with Gasteiger partial charge in [0.05, 0.1) is 24.6 Å². The third-order valence-corrected chi connectivity index (χ3v) is 5.99. The molecule has 3 N–H and O–H groups in total. The van der Waals surface area contributed by atoms with Crippen molar-refractivity contribution >= 4 is 33.9 Å². The fraction of sp³-hybridized carbons (Fsp3) is 0.174. The lowest BCUT2D eigenvalue weighted by atomic mass is 10.1. The number of anilines is 3. The Bertz CT molecular complexity index is 1300. The van der Waals surface area contributed by atoms with E-state index in [9.17, 15) is 14.3 Å². The molecule has 32 heavy (non-hydrogen) atoms. The number of aromatic hydroxyl groups is 1. The maximum absolute atomic E-state index is 13.5. The van der Waals surface area contributed by atoms with Gasteiger partial charge in [-0.1, -0.05) is 29.5 Å². The van der Waals surface area contributed by atoms with Crippen molar-refractivity contribution in [2.45, 2.75) is 27.3 Å². The van der Waals surface area contributed by atoms with Crippen LogP contribution in [0.4, 0.5) is 21.0 Å². The zero-order valence-corrected chi connectivity index (χ0v) is 18.6. The summed E-state index contributed by atoms with van der Waals surface area (Å²) in [5.74, 6) is 0.237. The van der Waals surface area contributed by atoms with Crippen molar-refractivity contribution in [3.8, 4) is 5.75 Å². The molecule has 0 saturated carbocycles. The third-order valence-electron chi connectivity index (χ3n) is 5.08. The first-order valence-electron chi connectivity index (χ1n) is 9.92. The lowest BCUT2D eigenvalue weighted by Crippen LogP contribution is -2.12. The molecule has 1 amide bonds. The normalized spacial score (nSPS) is 10.9. The number of carbonyl (C=O) groups excluding carboxylic acids is 1. The van der Waals surface area contributed by atoms with Crippen molar-refractivity contribution < 1.29 is 14.3 Å². The summed E-state index contributed by atoms with van der Waals surface area (Å²) in [4.78, 5) is 17.5. The predicted octanol–water partition coefficient (Wildman–Crippen LogP) is 5.15. The molecule has 4 aromatic rings. The van der Waals surface area contributed by atoms with Gasteiger partial charge in [0.1, 0.15) is 22.3 Å². The quantitative estimate of drug-likeness (QED) is 0.377. The first kappa shape index (κ1) is 21.5. The molecule has 4 rings (SSSR count). The van der Waals surface area contributed by atoms with E-state index < -0.39 is 0 Å². The number of aryl methyl sites for hydroxylation is 2. The number of aromatic nitrogens is 3. The lowest BCUT2D eigenvalue weighted by molar-refractivity contribution is 0.103. The summed E-state index contributed by atoms with van der Waals surface area (Å²) in [7, 11) is 0. The Balaban J connectivity index is 1.51. The van der Waals surface area contributed by atoms with Crippen molar-refractivity contribution in [1.82, 2.24) is 14.8 Å². The number of rotatable bonds is 6. The molecule has 7 nitrogen and oxygen atoms in total. The molecule has 2 aromatic heterocycles. The highest BCUT2D eigenvalue weighted by molar-refractivity contribution is 7.17. The van der Waals surface area contributed by atoms with Crippen LogP contribution < -0.4 is 10.6 Å². The molecule has 0 aliphatic rings. The maximum atomic E-state index is 13.5. The molecule has 164 valence electrons. The molecule has 0 atom stereocenters. The summed E-state index contributed by atoms with van der Waals surface area (Å²) in [6, 6.07) is 9.72. The van der Waals surface area contributed by atoms with Crippen molar-refractivity contribution in [2.24, 2.45) is 0 Å². The van der Waals surface area contributed by atoms with E-state index >= 15 is 0 Å². The molecule has 0 spiro atoms. The van der Waals surface area contributed by atoms with Gasteiger partial charge in [0.2, 0.25) is 0 Å². The van der Waals surface area contributed by atoms with Gasteiger partial charge in [-0.3, -0.25) is 4.79 Å². The fourth-order valence-corrected chi connectivity index (χ4v) is 4.02. The second kappa shape index (κ2) is 8.80. The van der Waals surface area contributed by atoms with Gasteiger partial charge in [-0.05, 0) is 50.1 Å². The van der Waals surface area contributed by atoms with Gasteiger partial charge in [-0.25, -0.2) is 14.1 Å². The van der Waals surface area contributed by atoms with Crippen LogP contribution >= 0.6 is 11.3 Å². The standard InChI is InChI=1S/C23H22FN5O2S/c1-13-7-8-18(30)15(3)20(13)27-22(31)19-11-25-23(32-19)28-21-14(2)10-26-29(21)12-16-5-4-6-17(24)9-16/h4-11,30H,12H2,1-3H3,(H,25,28)(H,27,31). The van der Waals surface area contributed by atoms with Crippen LogP contribution in [0.1, 0.15) is 31.9 Å². The van der Waals surface area contributed by atoms with Crippen LogP contribution in [0.15, 0.2) is 48.8 Å². The molecule has 9 heteroatoms. The van der Waals surface area contributed by atoms with Gasteiger partial charge < -0.3 is 15.7 Å². The first-order chi connectivity index (χ1) is 15.3. The molecule has 0 saturated heterocycles. The molecule has 0 aliphatic carbocycles. The number of carbonyl (C=O) groups is 1. The first-order valence-corrected chi connectivity index (χ1v) is 10.7. The Kier molecular flexibility index (Phi) is 5.91. The van der Waals surface area contributed by atoms with E-state index in [4.69, 9.17) is 0 Å². The largest absolute Gasteiger partial charge is 0.508 e. The second-order valence-corrected chi connectivity index (χ2v) is 8.50.